The molecule has 2 heterocycles. The van der Waals surface area contributed by atoms with Gasteiger partial charge in [-0.3, -0.25) is 4.79 Å². The van der Waals surface area contributed by atoms with Crippen molar-refractivity contribution in [3.8, 4) is 11.5 Å². The van der Waals surface area contributed by atoms with Crippen LogP contribution in [0.5, 0.6) is 11.5 Å². The highest BCUT2D eigenvalue weighted by molar-refractivity contribution is 5.94. The number of aromatic nitrogens is 1. The van der Waals surface area contributed by atoms with Crippen LogP contribution in [0.15, 0.2) is 66.9 Å². The van der Waals surface area contributed by atoms with Gasteiger partial charge in [-0.2, -0.15) is 0 Å². The summed E-state index contributed by atoms with van der Waals surface area (Å²) in [6.07, 6.45) is 1.80. The fourth-order valence-electron chi connectivity index (χ4n) is 3.45. The topological polar surface area (TPSA) is 72.9 Å². The highest BCUT2D eigenvalue weighted by Gasteiger charge is 2.13. The van der Waals surface area contributed by atoms with Crippen molar-refractivity contribution in [3.05, 3.63) is 83.6 Å². The maximum atomic E-state index is 12.6. The normalized spacial score (nSPS) is 13.5. The number of hydrogen-bond acceptors (Lipinski definition) is 6. The van der Waals surface area contributed by atoms with Crippen molar-refractivity contribution < 1.29 is 19.0 Å². The molecule has 7 nitrogen and oxygen atoms in total. The summed E-state index contributed by atoms with van der Waals surface area (Å²) >= 11 is 0. The Morgan fingerprint density at radius 1 is 1.03 bits per heavy atom. The van der Waals surface area contributed by atoms with E-state index in [4.69, 9.17) is 14.2 Å². The average molecular weight is 434 g/mol. The minimum atomic E-state index is -0.185. The maximum absolute atomic E-state index is 12.6. The Labute approximate surface area is 187 Å². The second-order valence-corrected chi connectivity index (χ2v) is 7.45. The van der Waals surface area contributed by atoms with E-state index in [0.717, 1.165) is 43.2 Å². The van der Waals surface area contributed by atoms with E-state index in [0.29, 0.717) is 30.2 Å². The molecule has 0 bridgehead atoms. The Morgan fingerprint density at radius 3 is 2.56 bits per heavy atom. The van der Waals surface area contributed by atoms with Crippen LogP contribution in [0, 0.1) is 0 Å². The SMILES string of the molecule is COc1cc(C(=O)NCc2ccc(N3CCOCC3)nc2)ccc1OCc1ccccc1. The Hall–Kier alpha value is -3.58. The van der Waals surface area contributed by atoms with Crippen molar-refractivity contribution in [3.63, 3.8) is 0 Å². The van der Waals surface area contributed by atoms with Gasteiger partial charge >= 0.3 is 0 Å². The number of carbonyl (C=O) groups is 1. The van der Waals surface area contributed by atoms with Crippen LogP contribution in [0.25, 0.3) is 0 Å². The predicted molar refractivity (Wildman–Crippen MR) is 122 cm³/mol. The van der Waals surface area contributed by atoms with E-state index in [-0.39, 0.29) is 5.91 Å². The van der Waals surface area contributed by atoms with Crippen molar-refractivity contribution in [1.29, 1.82) is 0 Å². The fourth-order valence-corrected chi connectivity index (χ4v) is 3.45. The number of morpholine rings is 1. The van der Waals surface area contributed by atoms with Gasteiger partial charge in [-0.1, -0.05) is 36.4 Å². The number of rotatable bonds is 8. The van der Waals surface area contributed by atoms with Crippen LogP contribution >= 0.6 is 0 Å². The lowest BCUT2D eigenvalue weighted by Crippen LogP contribution is -2.36. The summed E-state index contributed by atoms with van der Waals surface area (Å²) in [5, 5.41) is 2.93. The van der Waals surface area contributed by atoms with E-state index in [2.05, 4.69) is 15.2 Å². The molecule has 1 N–H and O–H groups in total. The van der Waals surface area contributed by atoms with Crippen LogP contribution in [0.3, 0.4) is 0 Å². The molecule has 0 saturated carbocycles. The van der Waals surface area contributed by atoms with Gasteiger partial charge in [-0.25, -0.2) is 4.98 Å². The van der Waals surface area contributed by atoms with Crippen molar-refractivity contribution in [2.24, 2.45) is 0 Å². The summed E-state index contributed by atoms with van der Waals surface area (Å²) in [5.41, 5.74) is 2.50. The standard InChI is InChI=1S/C25H27N3O4/c1-30-23-15-21(8-9-22(23)32-18-19-5-3-2-4-6-19)25(29)27-17-20-7-10-24(26-16-20)28-11-13-31-14-12-28/h2-10,15-16H,11-14,17-18H2,1H3,(H,27,29). The van der Waals surface area contributed by atoms with Crippen molar-refractivity contribution in [1.82, 2.24) is 10.3 Å². The number of benzene rings is 2. The lowest BCUT2D eigenvalue weighted by atomic mass is 10.1. The third-order valence-corrected chi connectivity index (χ3v) is 5.26. The maximum Gasteiger partial charge on any atom is 0.251 e. The molecule has 32 heavy (non-hydrogen) atoms. The van der Waals surface area contributed by atoms with Gasteiger partial charge in [-0.15, -0.1) is 0 Å². The van der Waals surface area contributed by atoms with E-state index >= 15 is 0 Å². The van der Waals surface area contributed by atoms with Gasteiger partial charge in [0, 0.05) is 31.4 Å². The minimum Gasteiger partial charge on any atom is -0.493 e. The smallest absolute Gasteiger partial charge is 0.251 e. The Balaban J connectivity index is 1.33. The molecule has 0 spiro atoms. The van der Waals surface area contributed by atoms with E-state index in [1.54, 1.807) is 31.5 Å². The summed E-state index contributed by atoms with van der Waals surface area (Å²) in [6, 6.07) is 19.0. The Morgan fingerprint density at radius 2 is 1.84 bits per heavy atom. The lowest BCUT2D eigenvalue weighted by Gasteiger charge is -2.27. The number of anilines is 1. The molecular weight excluding hydrogens is 406 g/mol. The molecule has 2 aromatic carbocycles. The number of nitrogens with zero attached hydrogens (tertiary/aromatic N) is 2. The molecule has 0 unspecified atom stereocenters. The van der Waals surface area contributed by atoms with Gasteiger partial charge in [0.15, 0.2) is 11.5 Å². The third kappa shape index (κ3) is 5.56. The minimum absolute atomic E-state index is 0.185. The van der Waals surface area contributed by atoms with Crippen LogP contribution in [0.1, 0.15) is 21.5 Å². The predicted octanol–water partition coefficient (Wildman–Crippen LogP) is 3.44. The molecule has 7 heteroatoms. The van der Waals surface area contributed by atoms with Crippen LogP contribution in [-0.4, -0.2) is 44.3 Å². The summed E-state index contributed by atoms with van der Waals surface area (Å²) in [4.78, 5) is 19.4. The summed E-state index contributed by atoms with van der Waals surface area (Å²) in [6.45, 7) is 3.95. The zero-order valence-electron chi connectivity index (χ0n) is 18.1. The van der Waals surface area contributed by atoms with Gasteiger partial charge in [0.2, 0.25) is 0 Å². The summed E-state index contributed by atoms with van der Waals surface area (Å²) in [5.74, 6) is 1.86. The van der Waals surface area contributed by atoms with Crippen molar-refractivity contribution >= 4 is 11.7 Å². The van der Waals surface area contributed by atoms with Gasteiger partial charge in [0.25, 0.3) is 5.91 Å². The molecule has 1 aromatic heterocycles. The zero-order chi connectivity index (χ0) is 22.2. The quantitative estimate of drug-likeness (QED) is 0.587. The van der Waals surface area contributed by atoms with Crippen LogP contribution in [-0.2, 0) is 17.9 Å². The second kappa shape index (κ2) is 10.6. The number of pyridine rings is 1. The van der Waals surface area contributed by atoms with Gasteiger partial charge in [-0.05, 0) is 35.4 Å². The van der Waals surface area contributed by atoms with E-state index in [1.807, 2.05) is 42.5 Å². The number of ether oxygens (including phenoxy) is 3. The van der Waals surface area contributed by atoms with Gasteiger partial charge in [0.05, 0.1) is 20.3 Å². The number of methoxy groups -OCH3 is 1. The molecule has 1 saturated heterocycles. The third-order valence-electron chi connectivity index (χ3n) is 5.26. The molecular formula is C25H27N3O4. The first-order valence-corrected chi connectivity index (χ1v) is 10.6. The molecule has 4 rings (SSSR count). The molecule has 1 aliphatic rings. The molecule has 0 radical (unpaired) electrons. The second-order valence-electron chi connectivity index (χ2n) is 7.45. The summed E-state index contributed by atoms with van der Waals surface area (Å²) < 4.78 is 16.7. The zero-order valence-corrected chi connectivity index (χ0v) is 18.1. The largest absolute Gasteiger partial charge is 0.493 e. The van der Waals surface area contributed by atoms with E-state index in [9.17, 15) is 4.79 Å². The first-order valence-electron chi connectivity index (χ1n) is 10.6. The van der Waals surface area contributed by atoms with Crippen LogP contribution < -0.4 is 19.7 Å². The number of carbonyl (C=O) groups excluding carboxylic acids is 1. The Bertz CT molecular complexity index is 1020. The molecule has 3 aromatic rings. The van der Waals surface area contributed by atoms with E-state index in [1.165, 1.54) is 0 Å². The average Bonchev–Trinajstić information content (AvgIpc) is 2.87. The Kier molecular flexibility index (Phi) is 7.19. The molecule has 1 amide bonds. The molecule has 1 aliphatic heterocycles. The molecule has 0 aliphatic carbocycles. The van der Waals surface area contributed by atoms with E-state index < -0.39 is 0 Å². The highest BCUT2D eigenvalue weighted by Crippen LogP contribution is 2.29. The number of nitrogens with one attached hydrogen (secondary N) is 1. The van der Waals surface area contributed by atoms with Crippen LogP contribution in [0.4, 0.5) is 5.82 Å². The molecule has 166 valence electrons. The highest BCUT2D eigenvalue weighted by atomic mass is 16.5. The first-order chi connectivity index (χ1) is 15.7. The molecule has 1 fully saturated rings. The van der Waals surface area contributed by atoms with Crippen molar-refractivity contribution in [2.75, 3.05) is 38.3 Å². The summed E-state index contributed by atoms with van der Waals surface area (Å²) in [7, 11) is 1.56. The number of amides is 1. The fraction of sp³-hybridized carbons (Fsp3) is 0.280. The van der Waals surface area contributed by atoms with Crippen LogP contribution in [0.2, 0.25) is 0 Å². The van der Waals surface area contributed by atoms with Gasteiger partial charge in [0.1, 0.15) is 12.4 Å². The molecule has 0 atom stereocenters. The van der Waals surface area contributed by atoms with Crippen molar-refractivity contribution in [2.45, 2.75) is 13.2 Å². The van der Waals surface area contributed by atoms with Gasteiger partial charge < -0.3 is 24.4 Å². The first kappa shape index (κ1) is 21.6. The lowest BCUT2D eigenvalue weighted by molar-refractivity contribution is 0.0950. The number of hydrogen-bond donors (Lipinski definition) is 1. The monoisotopic (exact) mass is 433 g/mol.